The van der Waals surface area contributed by atoms with Crippen LogP contribution in [0.5, 0.6) is 0 Å². The minimum atomic E-state index is -0.0748. The average molecular weight is 275 g/mol. The van der Waals surface area contributed by atoms with Gasteiger partial charge in [0, 0.05) is 6.04 Å². The largest absolute Gasteiger partial charge is 0.393 e. The van der Waals surface area contributed by atoms with Crippen molar-refractivity contribution in [2.45, 2.75) is 65.5 Å². The van der Waals surface area contributed by atoms with E-state index in [-0.39, 0.29) is 6.10 Å². The van der Waals surface area contributed by atoms with Crippen molar-refractivity contribution in [1.82, 2.24) is 5.32 Å². The van der Waals surface area contributed by atoms with Crippen LogP contribution >= 0.6 is 0 Å². The summed E-state index contributed by atoms with van der Waals surface area (Å²) in [5.74, 6) is 0.632. The molecule has 0 bridgehead atoms. The quantitative estimate of drug-likeness (QED) is 0.875. The van der Waals surface area contributed by atoms with Crippen LogP contribution in [-0.4, -0.2) is 17.8 Å². The number of hydrogen-bond acceptors (Lipinski definition) is 2. The van der Waals surface area contributed by atoms with Gasteiger partial charge < -0.3 is 10.4 Å². The SMILES string of the molecule is Cc1cc(C)c(C(C)NCC2CCCC(O)C2)cc1C. The Kier molecular flexibility index (Phi) is 5.22. The minimum absolute atomic E-state index is 0.0748. The van der Waals surface area contributed by atoms with Gasteiger partial charge in [-0.1, -0.05) is 18.6 Å². The summed E-state index contributed by atoms with van der Waals surface area (Å²) in [5.41, 5.74) is 5.52. The van der Waals surface area contributed by atoms with Crippen molar-refractivity contribution in [1.29, 1.82) is 0 Å². The molecule has 2 rings (SSSR count). The molecule has 1 saturated carbocycles. The zero-order chi connectivity index (χ0) is 14.7. The molecule has 1 aliphatic carbocycles. The molecule has 3 unspecified atom stereocenters. The zero-order valence-corrected chi connectivity index (χ0v) is 13.4. The monoisotopic (exact) mass is 275 g/mol. The third-order valence-corrected chi connectivity index (χ3v) is 4.82. The van der Waals surface area contributed by atoms with Crippen molar-refractivity contribution in [3.05, 3.63) is 34.4 Å². The molecular formula is C18H29NO. The Morgan fingerprint density at radius 2 is 1.85 bits per heavy atom. The Labute approximate surface area is 123 Å². The van der Waals surface area contributed by atoms with Gasteiger partial charge in [-0.05, 0) is 81.7 Å². The molecule has 0 heterocycles. The Hall–Kier alpha value is -0.860. The number of rotatable bonds is 4. The summed E-state index contributed by atoms with van der Waals surface area (Å²) < 4.78 is 0. The highest BCUT2D eigenvalue weighted by molar-refractivity contribution is 5.38. The van der Waals surface area contributed by atoms with Gasteiger partial charge >= 0.3 is 0 Å². The van der Waals surface area contributed by atoms with Crippen LogP contribution in [0.25, 0.3) is 0 Å². The van der Waals surface area contributed by atoms with E-state index in [1.54, 1.807) is 0 Å². The third-order valence-electron chi connectivity index (χ3n) is 4.82. The van der Waals surface area contributed by atoms with Crippen LogP contribution in [-0.2, 0) is 0 Å². The van der Waals surface area contributed by atoms with E-state index in [1.165, 1.54) is 35.1 Å². The van der Waals surface area contributed by atoms with Gasteiger partial charge in [-0.3, -0.25) is 0 Å². The highest BCUT2D eigenvalue weighted by atomic mass is 16.3. The molecule has 2 N–H and O–H groups in total. The van der Waals surface area contributed by atoms with E-state index in [1.807, 2.05) is 0 Å². The number of aliphatic hydroxyl groups excluding tert-OH is 1. The van der Waals surface area contributed by atoms with Gasteiger partial charge in [-0.15, -0.1) is 0 Å². The number of hydrogen-bond donors (Lipinski definition) is 2. The lowest BCUT2D eigenvalue weighted by Gasteiger charge is -2.28. The van der Waals surface area contributed by atoms with Gasteiger partial charge in [0.15, 0.2) is 0 Å². The molecule has 0 amide bonds. The van der Waals surface area contributed by atoms with Gasteiger partial charge in [-0.2, -0.15) is 0 Å². The van der Waals surface area contributed by atoms with Crippen molar-refractivity contribution in [2.75, 3.05) is 6.54 Å². The van der Waals surface area contributed by atoms with Crippen LogP contribution in [0.4, 0.5) is 0 Å². The second-order valence-electron chi connectivity index (χ2n) is 6.61. The van der Waals surface area contributed by atoms with Crippen LogP contribution in [0.3, 0.4) is 0 Å². The molecule has 0 aromatic heterocycles. The van der Waals surface area contributed by atoms with Crippen molar-refractivity contribution in [3.63, 3.8) is 0 Å². The highest BCUT2D eigenvalue weighted by Gasteiger charge is 2.20. The second-order valence-corrected chi connectivity index (χ2v) is 6.61. The normalized spacial score (nSPS) is 24.6. The second kappa shape index (κ2) is 6.73. The maximum Gasteiger partial charge on any atom is 0.0543 e. The molecule has 0 spiro atoms. The molecule has 1 aliphatic rings. The summed E-state index contributed by atoms with van der Waals surface area (Å²) in [4.78, 5) is 0. The predicted molar refractivity (Wildman–Crippen MR) is 85.0 cm³/mol. The van der Waals surface area contributed by atoms with Gasteiger partial charge in [-0.25, -0.2) is 0 Å². The van der Waals surface area contributed by atoms with E-state index < -0.39 is 0 Å². The van der Waals surface area contributed by atoms with E-state index in [2.05, 4.69) is 45.1 Å². The van der Waals surface area contributed by atoms with Crippen LogP contribution in [0.15, 0.2) is 12.1 Å². The fourth-order valence-electron chi connectivity index (χ4n) is 3.35. The number of aryl methyl sites for hydroxylation is 3. The van der Waals surface area contributed by atoms with E-state index in [0.29, 0.717) is 12.0 Å². The van der Waals surface area contributed by atoms with Crippen molar-refractivity contribution >= 4 is 0 Å². The lowest BCUT2D eigenvalue weighted by Crippen LogP contribution is -2.31. The molecule has 3 atom stereocenters. The molecule has 0 saturated heterocycles. The van der Waals surface area contributed by atoms with Crippen LogP contribution in [0, 0.1) is 26.7 Å². The highest BCUT2D eigenvalue weighted by Crippen LogP contribution is 2.25. The molecule has 0 aliphatic heterocycles. The molecular weight excluding hydrogens is 246 g/mol. The molecule has 2 heteroatoms. The van der Waals surface area contributed by atoms with Crippen LogP contribution in [0.2, 0.25) is 0 Å². The van der Waals surface area contributed by atoms with Crippen molar-refractivity contribution in [3.8, 4) is 0 Å². The summed E-state index contributed by atoms with van der Waals surface area (Å²) in [6.45, 7) is 9.82. The number of benzene rings is 1. The smallest absolute Gasteiger partial charge is 0.0543 e. The first-order valence-electron chi connectivity index (χ1n) is 7.96. The fraction of sp³-hybridized carbons (Fsp3) is 0.667. The first kappa shape index (κ1) is 15.5. The van der Waals surface area contributed by atoms with Crippen molar-refractivity contribution < 1.29 is 5.11 Å². The summed E-state index contributed by atoms with van der Waals surface area (Å²) in [7, 11) is 0. The number of aliphatic hydroxyl groups is 1. The average Bonchev–Trinajstić information content (AvgIpc) is 2.40. The fourth-order valence-corrected chi connectivity index (χ4v) is 3.35. The summed E-state index contributed by atoms with van der Waals surface area (Å²) in [5, 5.41) is 13.4. The molecule has 1 aromatic rings. The maximum atomic E-state index is 9.75. The molecule has 1 aromatic carbocycles. The standard InChI is InChI=1S/C18H29NO/c1-12-8-14(3)18(9-13(12)2)15(4)19-11-16-6-5-7-17(20)10-16/h8-9,15-17,19-20H,5-7,10-11H2,1-4H3. The van der Waals surface area contributed by atoms with Gasteiger partial charge in [0.05, 0.1) is 6.10 Å². The molecule has 0 radical (unpaired) electrons. The van der Waals surface area contributed by atoms with E-state index >= 15 is 0 Å². The Bertz CT molecular complexity index is 455. The minimum Gasteiger partial charge on any atom is -0.393 e. The lowest BCUT2D eigenvalue weighted by molar-refractivity contribution is 0.0998. The Morgan fingerprint density at radius 3 is 2.55 bits per heavy atom. The molecule has 112 valence electrons. The number of nitrogens with one attached hydrogen (secondary N) is 1. The first-order valence-corrected chi connectivity index (χ1v) is 7.96. The zero-order valence-electron chi connectivity index (χ0n) is 13.4. The van der Waals surface area contributed by atoms with Crippen LogP contribution < -0.4 is 5.32 Å². The predicted octanol–water partition coefficient (Wildman–Crippen LogP) is 3.81. The molecule has 1 fully saturated rings. The summed E-state index contributed by atoms with van der Waals surface area (Å²) >= 11 is 0. The lowest BCUT2D eigenvalue weighted by atomic mass is 9.87. The van der Waals surface area contributed by atoms with Gasteiger partial charge in [0.2, 0.25) is 0 Å². The first-order chi connectivity index (χ1) is 9.47. The van der Waals surface area contributed by atoms with E-state index in [9.17, 15) is 5.11 Å². The van der Waals surface area contributed by atoms with Gasteiger partial charge in [0.25, 0.3) is 0 Å². The van der Waals surface area contributed by atoms with E-state index in [4.69, 9.17) is 0 Å². The molecule has 2 nitrogen and oxygen atoms in total. The molecule has 20 heavy (non-hydrogen) atoms. The maximum absolute atomic E-state index is 9.75. The van der Waals surface area contributed by atoms with Crippen molar-refractivity contribution in [2.24, 2.45) is 5.92 Å². The van der Waals surface area contributed by atoms with Gasteiger partial charge in [0.1, 0.15) is 0 Å². The topological polar surface area (TPSA) is 32.3 Å². The third kappa shape index (κ3) is 3.83. The Balaban J connectivity index is 1.94. The summed E-state index contributed by atoms with van der Waals surface area (Å²) in [6, 6.07) is 4.99. The van der Waals surface area contributed by atoms with E-state index in [0.717, 1.165) is 19.4 Å². The van der Waals surface area contributed by atoms with Crippen LogP contribution in [0.1, 0.15) is 60.9 Å². The summed E-state index contributed by atoms with van der Waals surface area (Å²) in [6.07, 6.45) is 4.30. The Morgan fingerprint density at radius 1 is 1.15 bits per heavy atom.